The molecule has 0 fully saturated rings. The zero-order chi connectivity index (χ0) is 16.0. The van der Waals surface area contributed by atoms with Gasteiger partial charge in [-0.3, -0.25) is 0 Å². The molecule has 9 heteroatoms. The molecular weight excluding hydrogens is 293 g/mol. The third kappa shape index (κ3) is 5.30. The van der Waals surface area contributed by atoms with Crippen LogP contribution in [0.5, 0.6) is 0 Å². The van der Waals surface area contributed by atoms with E-state index in [4.69, 9.17) is 5.11 Å². The molecule has 1 aromatic carbocycles. The predicted octanol–water partition coefficient (Wildman–Crippen LogP) is 2.17. The maximum atomic E-state index is 12.7. The normalized spacial score (nSPS) is 11.0. The van der Waals surface area contributed by atoms with E-state index in [0.717, 1.165) is 6.07 Å². The summed E-state index contributed by atoms with van der Waals surface area (Å²) in [6.07, 6.45) is -4.71. The van der Waals surface area contributed by atoms with Crippen LogP contribution in [-0.2, 0) is 10.9 Å². The Morgan fingerprint density at radius 3 is 2.48 bits per heavy atom. The number of carboxylic acid groups (broad SMARTS) is 1. The van der Waals surface area contributed by atoms with Crippen molar-refractivity contribution in [3.05, 3.63) is 29.3 Å². The van der Waals surface area contributed by atoms with Crippen LogP contribution in [0.3, 0.4) is 0 Å². The number of benzene rings is 1. The minimum Gasteiger partial charge on any atom is -0.478 e. The first kappa shape index (κ1) is 16.8. The molecule has 3 N–H and O–H groups in total. The fraction of sp³-hybridized carbons (Fsp3) is 0.333. The quantitative estimate of drug-likeness (QED) is 0.728. The number of rotatable bonds is 5. The number of halogens is 3. The Kier molecular flexibility index (Phi) is 5.53. The summed E-state index contributed by atoms with van der Waals surface area (Å²) in [4.78, 5) is 22.2. The third-order valence-corrected chi connectivity index (χ3v) is 2.36. The molecule has 6 nitrogen and oxygen atoms in total. The standard InChI is InChI=1S/C12H13F3N2O4/c1-21-3-2-16-11(20)17-9-5-7(10(18)19)4-8(6-9)12(13,14)15/h4-6H,2-3H2,1H3,(H,18,19)(H2,16,17,20). The number of aromatic carboxylic acids is 1. The Bertz CT molecular complexity index is 532. The predicted molar refractivity (Wildman–Crippen MR) is 67.3 cm³/mol. The molecule has 21 heavy (non-hydrogen) atoms. The average Bonchev–Trinajstić information content (AvgIpc) is 2.37. The summed E-state index contributed by atoms with van der Waals surface area (Å²) >= 11 is 0. The maximum Gasteiger partial charge on any atom is 0.416 e. The molecule has 0 aliphatic carbocycles. The lowest BCUT2D eigenvalue weighted by atomic mass is 10.1. The number of hydrogen-bond acceptors (Lipinski definition) is 3. The van der Waals surface area contributed by atoms with E-state index in [2.05, 4.69) is 15.4 Å². The van der Waals surface area contributed by atoms with Gasteiger partial charge in [0.2, 0.25) is 0 Å². The number of carbonyl (C=O) groups is 2. The largest absolute Gasteiger partial charge is 0.478 e. The summed E-state index contributed by atoms with van der Waals surface area (Å²) in [7, 11) is 1.42. The van der Waals surface area contributed by atoms with E-state index >= 15 is 0 Å². The van der Waals surface area contributed by atoms with Crippen molar-refractivity contribution < 1.29 is 32.6 Å². The van der Waals surface area contributed by atoms with Crippen molar-refractivity contribution in [3.63, 3.8) is 0 Å². The minimum atomic E-state index is -4.71. The fourth-order valence-corrected chi connectivity index (χ4v) is 1.43. The van der Waals surface area contributed by atoms with Crippen LogP contribution >= 0.6 is 0 Å². The number of amides is 2. The monoisotopic (exact) mass is 306 g/mol. The topological polar surface area (TPSA) is 87.7 Å². The van der Waals surface area contributed by atoms with Gasteiger partial charge in [0.1, 0.15) is 0 Å². The van der Waals surface area contributed by atoms with Crippen molar-refractivity contribution in [2.45, 2.75) is 6.18 Å². The summed E-state index contributed by atoms with van der Waals surface area (Å²) in [6, 6.07) is 1.33. The number of anilines is 1. The molecule has 1 aromatic rings. The third-order valence-electron chi connectivity index (χ3n) is 2.36. The SMILES string of the molecule is COCCNC(=O)Nc1cc(C(=O)O)cc(C(F)(F)F)c1. The average molecular weight is 306 g/mol. The van der Waals surface area contributed by atoms with Crippen molar-refractivity contribution in [1.29, 1.82) is 0 Å². The van der Waals surface area contributed by atoms with Crippen molar-refractivity contribution in [2.75, 3.05) is 25.6 Å². The van der Waals surface area contributed by atoms with Crippen LogP contribution in [0.25, 0.3) is 0 Å². The van der Waals surface area contributed by atoms with Gasteiger partial charge in [-0.15, -0.1) is 0 Å². The second kappa shape index (κ2) is 6.93. The molecule has 0 saturated heterocycles. The Morgan fingerprint density at radius 2 is 1.95 bits per heavy atom. The lowest BCUT2D eigenvalue weighted by Gasteiger charge is -2.12. The molecular formula is C12H13F3N2O4. The van der Waals surface area contributed by atoms with Crippen LogP contribution in [0.2, 0.25) is 0 Å². The zero-order valence-corrected chi connectivity index (χ0v) is 11.0. The number of hydrogen-bond donors (Lipinski definition) is 3. The van der Waals surface area contributed by atoms with Crippen molar-refractivity contribution >= 4 is 17.7 Å². The number of ether oxygens (including phenoxy) is 1. The van der Waals surface area contributed by atoms with E-state index in [1.165, 1.54) is 7.11 Å². The molecule has 0 spiro atoms. The van der Waals surface area contributed by atoms with E-state index < -0.39 is 29.3 Å². The van der Waals surface area contributed by atoms with Crippen LogP contribution in [0.1, 0.15) is 15.9 Å². The van der Waals surface area contributed by atoms with Gasteiger partial charge in [0.25, 0.3) is 0 Å². The van der Waals surface area contributed by atoms with Gasteiger partial charge < -0.3 is 20.5 Å². The zero-order valence-electron chi connectivity index (χ0n) is 11.0. The first-order valence-corrected chi connectivity index (χ1v) is 5.73. The molecule has 0 aliphatic heterocycles. The Hall–Kier alpha value is -2.29. The molecule has 0 aromatic heterocycles. The van der Waals surface area contributed by atoms with Crippen molar-refractivity contribution in [2.24, 2.45) is 0 Å². The summed E-state index contributed by atoms with van der Waals surface area (Å²) in [5, 5.41) is 13.3. The van der Waals surface area contributed by atoms with Gasteiger partial charge in [-0.1, -0.05) is 0 Å². The van der Waals surface area contributed by atoms with Crippen LogP contribution in [0.4, 0.5) is 23.7 Å². The van der Waals surface area contributed by atoms with E-state index in [1.807, 2.05) is 0 Å². The molecule has 0 aliphatic rings. The first-order valence-electron chi connectivity index (χ1n) is 5.73. The fourth-order valence-electron chi connectivity index (χ4n) is 1.43. The second-order valence-electron chi connectivity index (χ2n) is 3.98. The highest BCUT2D eigenvalue weighted by atomic mass is 19.4. The Labute approximate surface area is 117 Å². The van der Waals surface area contributed by atoms with E-state index in [1.54, 1.807) is 0 Å². The Balaban J connectivity index is 2.93. The van der Waals surface area contributed by atoms with Crippen molar-refractivity contribution in [1.82, 2.24) is 5.32 Å². The maximum absolute atomic E-state index is 12.7. The summed E-state index contributed by atoms with van der Waals surface area (Å²) in [5.74, 6) is -1.52. The van der Waals surface area contributed by atoms with Crippen LogP contribution in [-0.4, -0.2) is 37.4 Å². The number of urea groups is 1. The number of alkyl halides is 3. The molecule has 1 rings (SSSR count). The second-order valence-corrected chi connectivity index (χ2v) is 3.98. The van der Waals surface area contributed by atoms with Gasteiger partial charge in [0.15, 0.2) is 0 Å². The van der Waals surface area contributed by atoms with Gasteiger partial charge in [-0.25, -0.2) is 9.59 Å². The summed E-state index contributed by atoms with van der Waals surface area (Å²) < 4.78 is 42.7. The van der Waals surface area contributed by atoms with E-state index in [-0.39, 0.29) is 18.8 Å². The van der Waals surface area contributed by atoms with Crippen LogP contribution in [0, 0.1) is 0 Å². The summed E-state index contributed by atoms with van der Waals surface area (Å²) in [6.45, 7) is 0.392. The lowest BCUT2D eigenvalue weighted by molar-refractivity contribution is -0.137. The van der Waals surface area contributed by atoms with E-state index in [9.17, 15) is 22.8 Å². The highest BCUT2D eigenvalue weighted by molar-refractivity contribution is 5.93. The number of nitrogens with one attached hydrogen (secondary N) is 2. The molecule has 0 heterocycles. The van der Waals surface area contributed by atoms with E-state index in [0.29, 0.717) is 12.1 Å². The van der Waals surface area contributed by atoms with Crippen LogP contribution < -0.4 is 10.6 Å². The molecule has 0 atom stereocenters. The molecule has 0 radical (unpaired) electrons. The number of carboxylic acids is 1. The lowest BCUT2D eigenvalue weighted by Crippen LogP contribution is -2.31. The van der Waals surface area contributed by atoms with Gasteiger partial charge in [-0.05, 0) is 18.2 Å². The smallest absolute Gasteiger partial charge is 0.416 e. The molecule has 0 saturated carbocycles. The molecule has 2 amide bonds. The van der Waals surface area contributed by atoms with Gasteiger partial charge in [0.05, 0.1) is 17.7 Å². The van der Waals surface area contributed by atoms with Gasteiger partial charge in [-0.2, -0.15) is 13.2 Å². The molecule has 0 unspecified atom stereocenters. The molecule has 0 bridgehead atoms. The highest BCUT2D eigenvalue weighted by Crippen LogP contribution is 2.32. The minimum absolute atomic E-state index is 0.160. The summed E-state index contributed by atoms with van der Waals surface area (Å²) in [5.41, 5.74) is -2.00. The number of methoxy groups -OCH3 is 1. The number of carbonyl (C=O) groups excluding carboxylic acids is 1. The van der Waals surface area contributed by atoms with Gasteiger partial charge >= 0.3 is 18.2 Å². The highest BCUT2D eigenvalue weighted by Gasteiger charge is 2.32. The van der Waals surface area contributed by atoms with Crippen molar-refractivity contribution in [3.8, 4) is 0 Å². The molecule has 116 valence electrons. The Morgan fingerprint density at radius 1 is 1.29 bits per heavy atom. The van der Waals surface area contributed by atoms with Crippen LogP contribution in [0.15, 0.2) is 18.2 Å². The first-order chi connectivity index (χ1) is 9.74. The van der Waals surface area contributed by atoms with Gasteiger partial charge in [0, 0.05) is 19.3 Å².